The molecule has 7 heteroatoms. The summed E-state index contributed by atoms with van der Waals surface area (Å²) < 4.78 is 33.0. The van der Waals surface area contributed by atoms with Gasteiger partial charge in [-0.05, 0) is 48.6 Å². The summed E-state index contributed by atoms with van der Waals surface area (Å²) in [5.41, 5.74) is 1.59. The fourth-order valence-electron chi connectivity index (χ4n) is 3.83. The summed E-state index contributed by atoms with van der Waals surface area (Å²) in [6.45, 7) is 2.31. The van der Waals surface area contributed by atoms with Crippen LogP contribution in [0.2, 0.25) is 0 Å². The first-order valence-electron chi connectivity index (χ1n) is 10.1. The van der Waals surface area contributed by atoms with Gasteiger partial charge in [0.1, 0.15) is 0 Å². The first-order chi connectivity index (χ1) is 14.0. The SMILES string of the molecule is CCOC(=O)C(CC1CCCC1)c1ccc(S(=O)(=O)NCc2cccnc2)cc1. The van der Waals surface area contributed by atoms with Crippen LogP contribution in [0.4, 0.5) is 0 Å². The second-order valence-electron chi connectivity index (χ2n) is 7.45. The van der Waals surface area contributed by atoms with E-state index in [1.807, 2.05) is 6.07 Å². The number of aromatic nitrogens is 1. The van der Waals surface area contributed by atoms with Gasteiger partial charge < -0.3 is 4.74 Å². The molecule has 0 bridgehead atoms. The topological polar surface area (TPSA) is 85.4 Å². The molecule has 1 N–H and O–H groups in total. The van der Waals surface area contributed by atoms with Gasteiger partial charge >= 0.3 is 5.97 Å². The Kier molecular flexibility index (Phi) is 7.39. The molecule has 0 amide bonds. The number of esters is 1. The second-order valence-corrected chi connectivity index (χ2v) is 9.21. The van der Waals surface area contributed by atoms with Gasteiger partial charge in [-0.2, -0.15) is 0 Å². The number of carbonyl (C=O) groups is 1. The van der Waals surface area contributed by atoms with Gasteiger partial charge in [0, 0.05) is 18.9 Å². The molecule has 1 heterocycles. The highest BCUT2D eigenvalue weighted by atomic mass is 32.2. The highest BCUT2D eigenvalue weighted by Gasteiger charge is 2.28. The zero-order valence-electron chi connectivity index (χ0n) is 16.7. The summed E-state index contributed by atoms with van der Waals surface area (Å²) in [5.74, 6) is -0.0585. The van der Waals surface area contributed by atoms with E-state index in [4.69, 9.17) is 4.74 Å². The largest absolute Gasteiger partial charge is 0.466 e. The number of ether oxygens (including phenoxy) is 1. The van der Waals surface area contributed by atoms with E-state index in [1.54, 1.807) is 49.6 Å². The monoisotopic (exact) mass is 416 g/mol. The Balaban J connectivity index is 1.72. The minimum Gasteiger partial charge on any atom is -0.466 e. The van der Waals surface area contributed by atoms with Crippen molar-refractivity contribution in [3.63, 3.8) is 0 Å². The fourth-order valence-corrected chi connectivity index (χ4v) is 4.85. The highest BCUT2D eigenvalue weighted by Crippen LogP contribution is 2.35. The van der Waals surface area contributed by atoms with Crippen molar-refractivity contribution in [2.24, 2.45) is 5.92 Å². The van der Waals surface area contributed by atoms with Gasteiger partial charge in [-0.1, -0.05) is 43.9 Å². The lowest BCUT2D eigenvalue weighted by Crippen LogP contribution is -2.23. The van der Waals surface area contributed by atoms with Gasteiger partial charge in [0.2, 0.25) is 10.0 Å². The maximum atomic E-state index is 12.6. The molecule has 29 heavy (non-hydrogen) atoms. The van der Waals surface area contributed by atoms with E-state index < -0.39 is 10.0 Å². The maximum absolute atomic E-state index is 12.6. The van der Waals surface area contributed by atoms with E-state index in [0.29, 0.717) is 12.5 Å². The number of hydrogen-bond acceptors (Lipinski definition) is 5. The number of sulfonamides is 1. The quantitative estimate of drug-likeness (QED) is 0.629. The van der Waals surface area contributed by atoms with Crippen LogP contribution in [-0.2, 0) is 26.1 Å². The number of pyridine rings is 1. The number of rotatable bonds is 9. The number of carbonyl (C=O) groups excluding carboxylic acids is 1. The van der Waals surface area contributed by atoms with Gasteiger partial charge in [0.25, 0.3) is 0 Å². The standard InChI is InChI=1S/C22H28N2O4S/c1-2-28-22(25)21(14-17-6-3-4-7-17)19-9-11-20(12-10-19)29(26,27)24-16-18-8-5-13-23-15-18/h5,8-13,15,17,21,24H,2-4,6-7,14,16H2,1H3. The molecule has 6 nitrogen and oxygen atoms in total. The number of benzene rings is 1. The molecule has 0 aliphatic heterocycles. The first kappa shape index (κ1) is 21.5. The number of nitrogens with zero attached hydrogens (tertiary/aromatic N) is 1. The van der Waals surface area contributed by atoms with Crippen LogP contribution in [0.3, 0.4) is 0 Å². The molecule has 1 unspecified atom stereocenters. The lowest BCUT2D eigenvalue weighted by molar-refractivity contribution is -0.145. The molecule has 1 fully saturated rings. The average molecular weight is 417 g/mol. The van der Waals surface area contributed by atoms with E-state index >= 15 is 0 Å². The molecule has 0 saturated heterocycles. The van der Waals surface area contributed by atoms with Crippen molar-refractivity contribution in [1.29, 1.82) is 0 Å². The third kappa shape index (κ3) is 5.87. The Labute approximate surface area is 172 Å². The molecule has 3 rings (SSSR count). The first-order valence-corrected chi connectivity index (χ1v) is 11.6. The van der Waals surface area contributed by atoms with Gasteiger partial charge in [-0.25, -0.2) is 13.1 Å². The third-order valence-electron chi connectivity index (χ3n) is 5.40. The van der Waals surface area contributed by atoms with Crippen molar-refractivity contribution in [2.45, 2.75) is 56.4 Å². The van der Waals surface area contributed by atoms with Crippen molar-refractivity contribution in [1.82, 2.24) is 9.71 Å². The zero-order valence-corrected chi connectivity index (χ0v) is 17.5. The molecule has 156 valence electrons. The number of nitrogens with one attached hydrogen (secondary N) is 1. The van der Waals surface area contributed by atoms with E-state index in [1.165, 1.54) is 12.8 Å². The third-order valence-corrected chi connectivity index (χ3v) is 6.81. The Hall–Kier alpha value is -2.25. The summed E-state index contributed by atoms with van der Waals surface area (Å²) in [6, 6.07) is 10.2. The molecule has 1 aliphatic carbocycles. The Bertz CT molecular complexity index is 892. The smallest absolute Gasteiger partial charge is 0.313 e. The average Bonchev–Trinajstić information content (AvgIpc) is 3.25. The van der Waals surface area contributed by atoms with E-state index in [9.17, 15) is 13.2 Å². The molecule has 0 radical (unpaired) electrons. The predicted molar refractivity (Wildman–Crippen MR) is 111 cm³/mol. The molecular weight excluding hydrogens is 388 g/mol. The van der Waals surface area contributed by atoms with Crippen molar-refractivity contribution < 1.29 is 17.9 Å². The predicted octanol–water partition coefficient (Wildman–Crippen LogP) is 3.79. The van der Waals surface area contributed by atoms with E-state index in [0.717, 1.165) is 30.4 Å². The van der Waals surface area contributed by atoms with E-state index in [-0.39, 0.29) is 23.3 Å². The zero-order chi connectivity index (χ0) is 20.7. The molecule has 1 aromatic heterocycles. The Morgan fingerprint density at radius 1 is 1.21 bits per heavy atom. The molecular formula is C22H28N2O4S. The van der Waals surface area contributed by atoms with Crippen LogP contribution in [0, 0.1) is 5.92 Å². The van der Waals surface area contributed by atoms with Gasteiger partial charge in [-0.3, -0.25) is 9.78 Å². The minimum absolute atomic E-state index is 0.172. The van der Waals surface area contributed by atoms with Crippen LogP contribution in [0.5, 0.6) is 0 Å². The minimum atomic E-state index is -3.65. The normalized spacial score (nSPS) is 15.9. The molecule has 1 aromatic carbocycles. The van der Waals surface area contributed by atoms with Gasteiger partial charge in [0.15, 0.2) is 0 Å². The van der Waals surface area contributed by atoms with E-state index in [2.05, 4.69) is 9.71 Å². The van der Waals surface area contributed by atoms with Gasteiger partial charge in [0.05, 0.1) is 17.4 Å². The van der Waals surface area contributed by atoms with Crippen LogP contribution in [0.15, 0.2) is 53.7 Å². The second kappa shape index (κ2) is 9.98. The van der Waals surface area contributed by atoms with Crippen LogP contribution < -0.4 is 4.72 Å². The van der Waals surface area contributed by atoms with Crippen LogP contribution in [-0.4, -0.2) is 26.0 Å². The fraction of sp³-hybridized carbons (Fsp3) is 0.455. The summed E-state index contributed by atoms with van der Waals surface area (Å²) in [4.78, 5) is 16.7. The van der Waals surface area contributed by atoms with Crippen molar-refractivity contribution in [2.75, 3.05) is 6.61 Å². The van der Waals surface area contributed by atoms with Crippen LogP contribution in [0.1, 0.15) is 56.1 Å². The van der Waals surface area contributed by atoms with Crippen molar-refractivity contribution in [3.05, 3.63) is 59.9 Å². The molecule has 1 saturated carbocycles. The van der Waals surface area contributed by atoms with Crippen LogP contribution in [0.25, 0.3) is 0 Å². The van der Waals surface area contributed by atoms with Crippen molar-refractivity contribution >= 4 is 16.0 Å². The summed E-state index contributed by atoms with van der Waals surface area (Å²) in [7, 11) is -3.65. The van der Waals surface area contributed by atoms with Gasteiger partial charge in [-0.15, -0.1) is 0 Å². The highest BCUT2D eigenvalue weighted by molar-refractivity contribution is 7.89. The molecule has 1 atom stereocenters. The summed E-state index contributed by atoms with van der Waals surface area (Å²) >= 11 is 0. The molecule has 1 aliphatic rings. The summed E-state index contributed by atoms with van der Waals surface area (Å²) in [6.07, 6.45) is 8.71. The number of hydrogen-bond donors (Lipinski definition) is 1. The summed E-state index contributed by atoms with van der Waals surface area (Å²) in [5, 5.41) is 0. The lowest BCUT2D eigenvalue weighted by Gasteiger charge is -2.20. The Morgan fingerprint density at radius 2 is 1.93 bits per heavy atom. The van der Waals surface area contributed by atoms with Crippen LogP contribution >= 0.6 is 0 Å². The lowest BCUT2D eigenvalue weighted by atomic mass is 9.88. The molecule has 2 aromatic rings. The maximum Gasteiger partial charge on any atom is 0.313 e. The van der Waals surface area contributed by atoms with Crippen molar-refractivity contribution in [3.8, 4) is 0 Å². The Morgan fingerprint density at radius 3 is 2.55 bits per heavy atom. The molecule has 0 spiro atoms.